The molecule has 0 aromatic heterocycles. The second-order valence-corrected chi connectivity index (χ2v) is 7.81. The summed E-state index contributed by atoms with van der Waals surface area (Å²) in [4.78, 5) is 0. The van der Waals surface area contributed by atoms with E-state index in [-0.39, 0.29) is 0 Å². The second-order valence-electron chi connectivity index (χ2n) is 6.57. The molecular weight excluding hydrogens is 345 g/mol. The van der Waals surface area contributed by atoms with E-state index in [1.165, 1.54) is 34.8 Å². The predicted molar refractivity (Wildman–Crippen MR) is 89.1 cm³/mol. The van der Waals surface area contributed by atoms with Gasteiger partial charge < -0.3 is 5.32 Å². The fourth-order valence-electron chi connectivity index (χ4n) is 4.27. The van der Waals surface area contributed by atoms with Gasteiger partial charge in [0.15, 0.2) is 0 Å². The lowest BCUT2D eigenvalue weighted by atomic mass is 9.83. The van der Waals surface area contributed by atoms with Crippen molar-refractivity contribution in [2.24, 2.45) is 17.8 Å². The highest BCUT2D eigenvalue weighted by molar-refractivity contribution is 14.1. The van der Waals surface area contributed by atoms with Crippen molar-refractivity contribution in [1.82, 2.24) is 5.32 Å². The van der Waals surface area contributed by atoms with Crippen molar-refractivity contribution in [3.63, 3.8) is 0 Å². The van der Waals surface area contributed by atoms with E-state index in [2.05, 4.69) is 66.0 Å². The van der Waals surface area contributed by atoms with Gasteiger partial charge in [-0.05, 0) is 91.2 Å². The Morgan fingerprint density at radius 3 is 2.42 bits per heavy atom. The van der Waals surface area contributed by atoms with E-state index < -0.39 is 0 Å². The molecule has 2 bridgehead atoms. The fourth-order valence-corrected chi connectivity index (χ4v) is 4.63. The van der Waals surface area contributed by atoms with Gasteiger partial charge in [0, 0.05) is 15.7 Å². The largest absolute Gasteiger partial charge is 0.307 e. The van der Waals surface area contributed by atoms with Gasteiger partial charge in [-0.3, -0.25) is 0 Å². The molecule has 19 heavy (non-hydrogen) atoms. The third-order valence-electron chi connectivity index (χ3n) is 5.32. The van der Waals surface area contributed by atoms with Crippen molar-refractivity contribution < 1.29 is 0 Å². The standard InChI is InChI=1S/C17H24IN/c1-11(14-5-7-16(18)8-6-14)19-12(2)17-10-13-3-4-15(17)9-13/h5-8,11-13,15,17,19H,3-4,9-10H2,1-2H3. The van der Waals surface area contributed by atoms with E-state index in [0.717, 1.165) is 17.8 Å². The van der Waals surface area contributed by atoms with Gasteiger partial charge in [0.25, 0.3) is 0 Å². The molecule has 2 aliphatic carbocycles. The summed E-state index contributed by atoms with van der Waals surface area (Å²) in [6.07, 6.45) is 5.96. The fraction of sp³-hybridized carbons (Fsp3) is 0.647. The maximum Gasteiger partial charge on any atom is 0.0294 e. The molecule has 5 atom stereocenters. The molecule has 104 valence electrons. The van der Waals surface area contributed by atoms with Crippen LogP contribution < -0.4 is 5.32 Å². The Balaban J connectivity index is 1.60. The van der Waals surface area contributed by atoms with Gasteiger partial charge in [-0.1, -0.05) is 18.6 Å². The summed E-state index contributed by atoms with van der Waals surface area (Å²) in [6.45, 7) is 4.69. The van der Waals surface area contributed by atoms with Crippen LogP contribution in [-0.2, 0) is 0 Å². The van der Waals surface area contributed by atoms with E-state index in [4.69, 9.17) is 0 Å². The zero-order chi connectivity index (χ0) is 13.4. The van der Waals surface area contributed by atoms with Gasteiger partial charge >= 0.3 is 0 Å². The van der Waals surface area contributed by atoms with Crippen molar-refractivity contribution in [3.8, 4) is 0 Å². The molecule has 2 fully saturated rings. The lowest BCUT2D eigenvalue weighted by Gasteiger charge is -2.31. The zero-order valence-corrected chi connectivity index (χ0v) is 14.1. The molecule has 2 saturated carbocycles. The molecule has 3 rings (SSSR count). The highest BCUT2D eigenvalue weighted by Crippen LogP contribution is 2.49. The normalized spacial score (nSPS) is 32.5. The van der Waals surface area contributed by atoms with E-state index in [1.807, 2.05) is 0 Å². The van der Waals surface area contributed by atoms with Crippen molar-refractivity contribution in [2.45, 2.75) is 51.6 Å². The number of rotatable bonds is 4. The predicted octanol–water partition coefficient (Wildman–Crippen LogP) is 4.77. The Bertz CT molecular complexity index is 427. The maximum atomic E-state index is 3.84. The highest BCUT2D eigenvalue weighted by Gasteiger charge is 2.41. The summed E-state index contributed by atoms with van der Waals surface area (Å²) in [6, 6.07) is 10.0. The summed E-state index contributed by atoms with van der Waals surface area (Å²) in [5, 5.41) is 3.84. The molecule has 0 spiro atoms. The topological polar surface area (TPSA) is 12.0 Å². The van der Waals surface area contributed by atoms with Crippen molar-refractivity contribution in [1.29, 1.82) is 0 Å². The molecule has 2 heteroatoms. The number of hydrogen-bond donors (Lipinski definition) is 1. The monoisotopic (exact) mass is 369 g/mol. The Hall–Kier alpha value is -0.0900. The lowest BCUT2D eigenvalue weighted by Crippen LogP contribution is -2.37. The van der Waals surface area contributed by atoms with Crippen molar-refractivity contribution >= 4 is 22.6 Å². The first-order valence-corrected chi connectivity index (χ1v) is 8.73. The van der Waals surface area contributed by atoms with E-state index >= 15 is 0 Å². The van der Waals surface area contributed by atoms with Crippen LogP contribution in [0, 0.1) is 21.3 Å². The zero-order valence-electron chi connectivity index (χ0n) is 11.9. The van der Waals surface area contributed by atoms with Gasteiger partial charge in [-0.15, -0.1) is 0 Å². The number of nitrogens with one attached hydrogen (secondary N) is 1. The smallest absolute Gasteiger partial charge is 0.0294 e. The van der Waals surface area contributed by atoms with Crippen LogP contribution in [0.4, 0.5) is 0 Å². The molecule has 0 aliphatic heterocycles. The molecule has 0 radical (unpaired) electrons. The molecule has 5 unspecified atom stereocenters. The average Bonchev–Trinajstić information content (AvgIpc) is 3.01. The minimum Gasteiger partial charge on any atom is -0.307 e. The van der Waals surface area contributed by atoms with Crippen LogP contribution in [0.25, 0.3) is 0 Å². The molecule has 2 aliphatic rings. The summed E-state index contributed by atoms with van der Waals surface area (Å²) in [5.41, 5.74) is 1.41. The van der Waals surface area contributed by atoms with Crippen molar-refractivity contribution in [2.75, 3.05) is 0 Å². The molecule has 0 saturated heterocycles. The highest BCUT2D eigenvalue weighted by atomic mass is 127. The number of halogens is 1. The summed E-state index contributed by atoms with van der Waals surface area (Å²) >= 11 is 2.37. The average molecular weight is 369 g/mol. The molecular formula is C17H24IN. The van der Waals surface area contributed by atoms with Gasteiger partial charge in [-0.25, -0.2) is 0 Å². The molecule has 0 amide bonds. The first kappa shape index (κ1) is 13.9. The second kappa shape index (κ2) is 5.72. The first-order valence-electron chi connectivity index (χ1n) is 7.65. The van der Waals surface area contributed by atoms with Crippen LogP contribution in [0.15, 0.2) is 24.3 Å². The molecule has 1 aromatic carbocycles. The minimum atomic E-state index is 0.464. The molecule has 1 nitrogen and oxygen atoms in total. The van der Waals surface area contributed by atoms with Crippen LogP contribution in [0.3, 0.4) is 0 Å². The van der Waals surface area contributed by atoms with Crippen LogP contribution in [-0.4, -0.2) is 6.04 Å². The Kier molecular flexibility index (Phi) is 4.18. The van der Waals surface area contributed by atoms with Gasteiger partial charge in [0.2, 0.25) is 0 Å². The summed E-state index contributed by atoms with van der Waals surface area (Å²) in [5.74, 6) is 2.98. The van der Waals surface area contributed by atoms with Gasteiger partial charge in [0.1, 0.15) is 0 Å². The third-order valence-corrected chi connectivity index (χ3v) is 6.04. The molecule has 1 aromatic rings. The van der Waals surface area contributed by atoms with Crippen molar-refractivity contribution in [3.05, 3.63) is 33.4 Å². The van der Waals surface area contributed by atoms with E-state index in [0.29, 0.717) is 12.1 Å². The van der Waals surface area contributed by atoms with E-state index in [1.54, 1.807) is 0 Å². The maximum absolute atomic E-state index is 3.84. The summed E-state index contributed by atoms with van der Waals surface area (Å²) in [7, 11) is 0. The van der Waals surface area contributed by atoms with Crippen LogP contribution in [0.1, 0.15) is 51.1 Å². The van der Waals surface area contributed by atoms with Gasteiger partial charge in [0.05, 0.1) is 0 Å². The summed E-state index contributed by atoms with van der Waals surface area (Å²) < 4.78 is 1.31. The number of fused-ring (bicyclic) bond motifs is 2. The minimum absolute atomic E-state index is 0.464. The Morgan fingerprint density at radius 2 is 1.84 bits per heavy atom. The molecule has 1 N–H and O–H groups in total. The SMILES string of the molecule is CC(NC(C)C1CC2CCC1C2)c1ccc(I)cc1. The van der Waals surface area contributed by atoms with E-state index in [9.17, 15) is 0 Å². The third kappa shape index (κ3) is 2.99. The Labute approximate surface area is 130 Å². The quantitative estimate of drug-likeness (QED) is 0.755. The number of hydrogen-bond acceptors (Lipinski definition) is 1. The molecule has 0 heterocycles. The van der Waals surface area contributed by atoms with Crippen LogP contribution >= 0.6 is 22.6 Å². The van der Waals surface area contributed by atoms with Crippen LogP contribution in [0.2, 0.25) is 0 Å². The number of benzene rings is 1. The first-order chi connectivity index (χ1) is 9.13. The Morgan fingerprint density at radius 1 is 1.11 bits per heavy atom. The van der Waals surface area contributed by atoms with Gasteiger partial charge in [-0.2, -0.15) is 0 Å². The van der Waals surface area contributed by atoms with Crippen LogP contribution in [0.5, 0.6) is 0 Å². The lowest BCUT2D eigenvalue weighted by molar-refractivity contribution is 0.248.